The van der Waals surface area contributed by atoms with Crippen LogP contribution in [0.15, 0.2) is 21.9 Å². The molecule has 0 radical (unpaired) electrons. The first-order valence-corrected chi connectivity index (χ1v) is 3.45. The van der Waals surface area contributed by atoms with Crippen molar-refractivity contribution in [2.45, 2.75) is 6.92 Å². The third-order valence-electron chi connectivity index (χ3n) is 1.22. The fourth-order valence-electron chi connectivity index (χ4n) is 0.789. The van der Waals surface area contributed by atoms with Crippen molar-refractivity contribution in [2.24, 2.45) is 10.1 Å². The second-order valence-electron chi connectivity index (χ2n) is 2.37. The summed E-state index contributed by atoms with van der Waals surface area (Å²) in [7, 11) is 3.75. The zero-order chi connectivity index (χ0) is 8.27. The summed E-state index contributed by atoms with van der Waals surface area (Å²) in [5.41, 5.74) is 0.888. The van der Waals surface area contributed by atoms with Gasteiger partial charge in [-0.15, -0.1) is 0 Å². The lowest BCUT2D eigenvalue weighted by Crippen LogP contribution is -2.20. The lowest BCUT2D eigenvalue weighted by Gasteiger charge is -2.05. The van der Waals surface area contributed by atoms with E-state index >= 15 is 0 Å². The lowest BCUT2D eigenvalue weighted by molar-refractivity contribution is 0.436. The van der Waals surface area contributed by atoms with Gasteiger partial charge in [0.1, 0.15) is 5.70 Å². The van der Waals surface area contributed by atoms with E-state index in [1.165, 1.54) is 0 Å². The summed E-state index contributed by atoms with van der Waals surface area (Å²) in [6.07, 6.45) is 3.55. The zero-order valence-electron chi connectivity index (χ0n) is 7.00. The number of hydrogen-bond acceptors (Lipinski definition) is 3. The molecule has 1 rings (SSSR count). The van der Waals surface area contributed by atoms with Gasteiger partial charge in [-0.25, -0.2) is 4.99 Å². The van der Waals surface area contributed by atoms with Gasteiger partial charge in [-0.3, -0.25) is 0 Å². The van der Waals surface area contributed by atoms with Crippen LogP contribution in [0, 0.1) is 0 Å². The molecule has 11 heavy (non-hydrogen) atoms. The van der Waals surface area contributed by atoms with Gasteiger partial charge in [-0.05, 0) is 6.92 Å². The van der Waals surface area contributed by atoms with Crippen molar-refractivity contribution in [3.63, 3.8) is 0 Å². The number of nitrogens with zero attached hydrogens (tertiary/aromatic N) is 3. The minimum absolute atomic E-state index is 0.803. The quantitative estimate of drug-likeness (QED) is 0.552. The van der Waals surface area contributed by atoms with Gasteiger partial charge in [0, 0.05) is 14.1 Å². The number of hydrogen-bond donors (Lipinski definition) is 1. The minimum atomic E-state index is 0.803. The van der Waals surface area contributed by atoms with E-state index in [0.29, 0.717) is 0 Å². The van der Waals surface area contributed by atoms with Gasteiger partial charge in [-0.1, -0.05) is 6.08 Å². The smallest absolute Gasteiger partial charge is 0.176 e. The van der Waals surface area contributed by atoms with Crippen LogP contribution in [0.3, 0.4) is 0 Å². The maximum absolute atomic E-state index is 4.17. The summed E-state index contributed by atoms with van der Waals surface area (Å²) >= 11 is 0. The molecule has 4 heteroatoms. The molecule has 0 bridgehead atoms. The van der Waals surface area contributed by atoms with E-state index in [4.69, 9.17) is 0 Å². The molecule has 60 valence electrons. The van der Waals surface area contributed by atoms with E-state index in [-0.39, 0.29) is 0 Å². The van der Waals surface area contributed by atoms with Gasteiger partial charge in [0.15, 0.2) is 5.84 Å². The van der Waals surface area contributed by atoms with E-state index in [2.05, 4.69) is 15.4 Å². The molecular formula is C7H12N4. The van der Waals surface area contributed by atoms with Crippen LogP contribution >= 0.6 is 0 Å². The molecule has 1 aliphatic heterocycles. The van der Waals surface area contributed by atoms with E-state index in [9.17, 15) is 0 Å². The largest absolute Gasteiger partial charge is 0.328 e. The third kappa shape index (κ3) is 1.80. The van der Waals surface area contributed by atoms with E-state index < -0.39 is 0 Å². The monoisotopic (exact) mass is 152 g/mol. The van der Waals surface area contributed by atoms with E-state index in [1.807, 2.05) is 27.1 Å². The summed E-state index contributed by atoms with van der Waals surface area (Å²) in [5, 5.41) is 8.85. The normalized spacial score (nSPS) is 22.8. The number of amidine groups is 1. The molecule has 1 N–H and O–H groups in total. The van der Waals surface area contributed by atoms with Crippen LogP contribution in [0.4, 0.5) is 0 Å². The number of rotatable bonds is 1. The number of hydrazone groups is 1. The summed E-state index contributed by atoms with van der Waals surface area (Å²) < 4.78 is 0. The van der Waals surface area contributed by atoms with Crippen LogP contribution in [0.25, 0.3) is 0 Å². The first kappa shape index (κ1) is 7.78. The van der Waals surface area contributed by atoms with Crippen LogP contribution in [0.1, 0.15) is 6.92 Å². The predicted octanol–water partition coefficient (Wildman–Crippen LogP) is 0.397. The molecule has 0 unspecified atom stereocenters. The Balaban J connectivity index is 2.76. The molecule has 0 aromatic rings. The molecule has 0 atom stereocenters. The van der Waals surface area contributed by atoms with Crippen molar-refractivity contribution in [2.75, 3.05) is 14.1 Å². The van der Waals surface area contributed by atoms with Crippen LogP contribution < -0.4 is 5.32 Å². The molecule has 1 aliphatic rings. The Bertz CT molecular complexity index is 225. The molecular weight excluding hydrogens is 140 g/mol. The van der Waals surface area contributed by atoms with Gasteiger partial charge in [0.05, 0.1) is 6.34 Å². The van der Waals surface area contributed by atoms with Crippen molar-refractivity contribution in [3.8, 4) is 0 Å². The van der Waals surface area contributed by atoms with Crippen LogP contribution in [-0.2, 0) is 0 Å². The summed E-state index contributed by atoms with van der Waals surface area (Å²) in [6.45, 7) is 1.94. The molecule has 0 amide bonds. The Morgan fingerprint density at radius 3 is 2.91 bits per heavy atom. The lowest BCUT2D eigenvalue weighted by atomic mass is 10.4. The Labute approximate surface area is 66.3 Å². The van der Waals surface area contributed by atoms with E-state index in [0.717, 1.165) is 11.5 Å². The average molecular weight is 152 g/mol. The topological polar surface area (TPSA) is 40.0 Å². The number of aliphatic imine (C=N–C) groups is 1. The molecule has 0 fully saturated rings. The Kier molecular flexibility index (Phi) is 2.25. The molecule has 4 nitrogen and oxygen atoms in total. The molecule has 0 aromatic heterocycles. The molecule has 1 heterocycles. The van der Waals surface area contributed by atoms with Crippen molar-refractivity contribution in [1.82, 2.24) is 10.3 Å². The third-order valence-corrected chi connectivity index (χ3v) is 1.22. The molecule has 0 saturated carbocycles. The number of nitrogens with one attached hydrogen (secondary N) is 1. The maximum atomic E-state index is 4.17. The van der Waals surface area contributed by atoms with Gasteiger partial charge in [0.2, 0.25) is 0 Å². The highest BCUT2D eigenvalue weighted by molar-refractivity contribution is 6.08. The first-order chi connectivity index (χ1) is 5.24. The van der Waals surface area contributed by atoms with Gasteiger partial charge in [0.25, 0.3) is 0 Å². The maximum Gasteiger partial charge on any atom is 0.176 e. The van der Waals surface area contributed by atoms with E-state index in [1.54, 1.807) is 11.3 Å². The fourth-order valence-corrected chi connectivity index (χ4v) is 0.789. The van der Waals surface area contributed by atoms with Crippen molar-refractivity contribution < 1.29 is 0 Å². The zero-order valence-corrected chi connectivity index (χ0v) is 7.00. The standard InChI is InChI=1S/C7H12N4/c1-4-6-7(9-5-8-6)10-11(2)3/h4-5H,1-3H3,(H,8,9,10)/b6-4+. The predicted molar refractivity (Wildman–Crippen MR) is 46.5 cm³/mol. The Morgan fingerprint density at radius 2 is 2.36 bits per heavy atom. The van der Waals surface area contributed by atoms with Crippen LogP contribution in [0.5, 0.6) is 0 Å². The second-order valence-corrected chi connectivity index (χ2v) is 2.37. The highest BCUT2D eigenvalue weighted by Crippen LogP contribution is 2.02. The minimum Gasteiger partial charge on any atom is -0.328 e. The van der Waals surface area contributed by atoms with Gasteiger partial charge < -0.3 is 10.3 Å². The van der Waals surface area contributed by atoms with Crippen molar-refractivity contribution in [3.05, 3.63) is 11.8 Å². The fraction of sp³-hybridized carbons (Fsp3) is 0.429. The van der Waals surface area contributed by atoms with Crippen LogP contribution in [-0.4, -0.2) is 31.3 Å². The average Bonchev–Trinajstić information content (AvgIpc) is 2.34. The van der Waals surface area contributed by atoms with Crippen molar-refractivity contribution >= 4 is 12.2 Å². The molecule has 0 aromatic carbocycles. The molecule has 0 saturated heterocycles. The first-order valence-electron chi connectivity index (χ1n) is 3.45. The number of allylic oxidation sites excluding steroid dienone is 1. The SMILES string of the molecule is C/C=C1/N=CN/C1=N\N(C)C. The van der Waals surface area contributed by atoms with Crippen molar-refractivity contribution in [1.29, 1.82) is 0 Å². The van der Waals surface area contributed by atoms with Gasteiger partial charge >= 0.3 is 0 Å². The highest BCUT2D eigenvalue weighted by Gasteiger charge is 2.08. The Hall–Kier alpha value is -1.32. The highest BCUT2D eigenvalue weighted by atomic mass is 15.4. The summed E-state index contributed by atoms with van der Waals surface area (Å²) in [6, 6.07) is 0. The summed E-state index contributed by atoms with van der Waals surface area (Å²) in [4.78, 5) is 4.06. The van der Waals surface area contributed by atoms with Gasteiger partial charge in [-0.2, -0.15) is 5.10 Å². The summed E-state index contributed by atoms with van der Waals surface area (Å²) in [5.74, 6) is 0.803. The molecule has 0 aliphatic carbocycles. The van der Waals surface area contributed by atoms with Crippen LogP contribution in [0.2, 0.25) is 0 Å². The second kappa shape index (κ2) is 3.18. The molecule has 0 spiro atoms. The Morgan fingerprint density at radius 1 is 1.64 bits per heavy atom.